The molecule has 2 aromatic carbocycles. The minimum Gasteiger partial charge on any atom is -0.489 e. The summed E-state index contributed by atoms with van der Waals surface area (Å²) < 4.78 is 20.4. The molecule has 0 saturated carbocycles. The molecule has 0 aliphatic rings. The van der Waals surface area contributed by atoms with E-state index in [9.17, 15) is 9.18 Å². The number of rotatable bonds is 4. The Bertz CT molecular complexity index is 675. The van der Waals surface area contributed by atoms with Gasteiger partial charge in [-0.2, -0.15) is 0 Å². The van der Waals surface area contributed by atoms with E-state index in [2.05, 4.69) is 15.9 Å². The Balaban J connectivity index is 2.15. The van der Waals surface area contributed by atoms with Gasteiger partial charge in [-0.05, 0) is 49.2 Å². The number of ether oxygens (including phenoxy) is 1. The number of carbonyl (C=O) groups is 1. The van der Waals surface area contributed by atoms with E-state index in [0.29, 0.717) is 11.3 Å². The van der Waals surface area contributed by atoms with Gasteiger partial charge in [-0.15, -0.1) is 0 Å². The normalized spacial score (nSPS) is 10.5. The van der Waals surface area contributed by atoms with Crippen LogP contribution >= 0.6 is 15.9 Å². The van der Waals surface area contributed by atoms with Crippen LogP contribution in [-0.2, 0) is 6.61 Å². The van der Waals surface area contributed by atoms with Gasteiger partial charge in [0.15, 0.2) is 0 Å². The summed E-state index contributed by atoms with van der Waals surface area (Å²) in [6.45, 7) is 3.95. The summed E-state index contributed by atoms with van der Waals surface area (Å²) in [5, 5.41) is 8.79. The van der Waals surface area contributed by atoms with Crippen LogP contribution in [0.3, 0.4) is 0 Å². The van der Waals surface area contributed by atoms with Gasteiger partial charge in [0.1, 0.15) is 18.2 Å². The van der Waals surface area contributed by atoms with Gasteiger partial charge in [0, 0.05) is 10.0 Å². The van der Waals surface area contributed by atoms with E-state index in [1.54, 1.807) is 0 Å². The van der Waals surface area contributed by atoms with Gasteiger partial charge in [0.2, 0.25) is 0 Å². The molecule has 0 aromatic heterocycles. The molecule has 0 unspecified atom stereocenters. The van der Waals surface area contributed by atoms with Crippen LogP contribution in [-0.4, -0.2) is 11.1 Å². The lowest BCUT2D eigenvalue weighted by Crippen LogP contribution is -2.02. The summed E-state index contributed by atoms with van der Waals surface area (Å²) in [5.74, 6) is -1.09. The molecule has 0 aliphatic heterocycles. The number of halogens is 2. The van der Waals surface area contributed by atoms with Crippen LogP contribution < -0.4 is 4.74 Å². The first kappa shape index (κ1) is 15.5. The first-order valence-electron chi connectivity index (χ1n) is 6.29. The van der Waals surface area contributed by atoms with Gasteiger partial charge in [0.05, 0.1) is 5.56 Å². The SMILES string of the molecule is Cc1cc(OCc2ccc(C(=O)O)cc2F)cc(C)c1Br. The Labute approximate surface area is 130 Å². The van der Waals surface area contributed by atoms with Gasteiger partial charge < -0.3 is 9.84 Å². The quantitative estimate of drug-likeness (QED) is 0.882. The van der Waals surface area contributed by atoms with Crippen LogP contribution in [0, 0.1) is 19.7 Å². The van der Waals surface area contributed by atoms with Gasteiger partial charge in [-0.3, -0.25) is 0 Å². The lowest BCUT2D eigenvalue weighted by molar-refractivity contribution is 0.0696. The van der Waals surface area contributed by atoms with Crippen LogP contribution in [0.15, 0.2) is 34.8 Å². The Morgan fingerprint density at radius 2 is 1.86 bits per heavy atom. The van der Waals surface area contributed by atoms with Gasteiger partial charge in [-0.1, -0.05) is 22.0 Å². The predicted octanol–water partition coefficient (Wildman–Crippen LogP) is 4.48. The number of aromatic carboxylic acids is 1. The molecule has 0 radical (unpaired) electrons. The maximum Gasteiger partial charge on any atom is 0.335 e. The summed E-state index contributed by atoms with van der Waals surface area (Å²) in [4.78, 5) is 10.7. The van der Waals surface area contributed by atoms with Gasteiger partial charge in [-0.25, -0.2) is 9.18 Å². The van der Waals surface area contributed by atoms with Crippen molar-refractivity contribution in [1.82, 2.24) is 0 Å². The average Bonchev–Trinajstić information content (AvgIpc) is 2.43. The zero-order chi connectivity index (χ0) is 15.6. The first-order valence-corrected chi connectivity index (χ1v) is 7.09. The van der Waals surface area contributed by atoms with Crippen LogP contribution in [0.5, 0.6) is 5.75 Å². The molecule has 21 heavy (non-hydrogen) atoms. The van der Waals surface area contributed by atoms with Crippen molar-refractivity contribution in [3.8, 4) is 5.75 Å². The Morgan fingerprint density at radius 3 is 2.38 bits per heavy atom. The summed E-state index contributed by atoms with van der Waals surface area (Å²) in [6.07, 6.45) is 0. The minimum absolute atomic E-state index is 0.0479. The zero-order valence-corrected chi connectivity index (χ0v) is 13.2. The lowest BCUT2D eigenvalue weighted by atomic mass is 10.1. The summed E-state index contributed by atoms with van der Waals surface area (Å²) in [7, 11) is 0. The fraction of sp³-hybridized carbons (Fsp3) is 0.188. The molecule has 0 fully saturated rings. The summed E-state index contributed by atoms with van der Waals surface area (Å²) >= 11 is 3.47. The monoisotopic (exact) mass is 352 g/mol. The van der Waals surface area contributed by atoms with Crippen molar-refractivity contribution < 1.29 is 19.0 Å². The first-order chi connectivity index (χ1) is 9.88. The Morgan fingerprint density at radius 1 is 1.24 bits per heavy atom. The third-order valence-corrected chi connectivity index (χ3v) is 4.36. The van der Waals surface area contributed by atoms with Crippen LogP contribution in [0.2, 0.25) is 0 Å². The summed E-state index contributed by atoms with van der Waals surface area (Å²) in [5.41, 5.74) is 2.31. The third-order valence-electron chi connectivity index (χ3n) is 3.10. The number of aryl methyl sites for hydroxylation is 2. The number of carboxylic acids is 1. The highest BCUT2D eigenvalue weighted by atomic mass is 79.9. The van der Waals surface area contributed by atoms with Gasteiger partial charge in [0.25, 0.3) is 0 Å². The molecule has 0 atom stereocenters. The average molecular weight is 353 g/mol. The number of benzene rings is 2. The van der Waals surface area contributed by atoms with Crippen LogP contribution in [0.1, 0.15) is 27.0 Å². The molecule has 3 nitrogen and oxygen atoms in total. The molecule has 0 saturated heterocycles. The van der Waals surface area contributed by atoms with E-state index in [0.717, 1.165) is 21.7 Å². The minimum atomic E-state index is -1.15. The van der Waals surface area contributed by atoms with Crippen LogP contribution in [0.25, 0.3) is 0 Å². The molecule has 110 valence electrons. The van der Waals surface area contributed by atoms with Crippen molar-refractivity contribution in [3.63, 3.8) is 0 Å². The lowest BCUT2D eigenvalue weighted by Gasteiger charge is -2.11. The highest BCUT2D eigenvalue weighted by molar-refractivity contribution is 9.10. The molecular formula is C16H14BrFO3. The standard InChI is InChI=1S/C16H14BrFO3/c1-9-5-13(6-10(2)15(9)17)21-8-12-4-3-11(16(19)20)7-14(12)18/h3-7H,8H2,1-2H3,(H,19,20). The molecule has 1 N–H and O–H groups in total. The molecule has 0 heterocycles. The molecule has 2 aromatic rings. The van der Waals surface area contributed by atoms with Crippen molar-refractivity contribution >= 4 is 21.9 Å². The number of hydrogen-bond donors (Lipinski definition) is 1. The van der Waals surface area contributed by atoms with E-state index in [-0.39, 0.29) is 12.2 Å². The van der Waals surface area contributed by atoms with Crippen molar-refractivity contribution in [2.24, 2.45) is 0 Å². The Kier molecular flexibility index (Phi) is 4.63. The zero-order valence-electron chi connectivity index (χ0n) is 11.6. The predicted molar refractivity (Wildman–Crippen MR) is 81.3 cm³/mol. The van der Waals surface area contributed by atoms with E-state index in [1.165, 1.54) is 12.1 Å². The van der Waals surface area contributed by atoms with Crippen molar-refractivity contribution in [3.05, 3.63) is 62.9 Å². The maximum atomic E-state index is 13.8. The van der Waals surface area contributed by atoms with Crippen molar-refractivity contribution in [2.75, 3.05) is 0 Å². The fourth-order valence-corrected chi connectivity index (χ4v) is 2.18. The van der Waals surface area contributed by atoms with E-state index in [4.69, 9.17) is 9.84 Å². The third kappa shape index (κ3) is 3.61. The van der Waals surface area contributed by atoms with Gasteiger partial charge >= 0.3 is 5.97 Å². The van der Waals surface area contributed by atoms with E-state index >= 15 is 0 Å². The second-order valence-electron chi connectivity index (χ2n) is 4.77. The molecule has 2 rings (SSSR count). The van der Waals surface area contributed by atoms with Crippen molar-refractivity contribution in [1.29, 1.82) is 0 Å². The molecule has 0 amide bonds. The van der Waals surface area contributed by atoms with E-state index < -0.39 is 11.8 Å². The van der Waals surface area contributed by atoms with E-state index in [1.807, 2.05) is 26.0 Å². The fourth-order valence-electron chi connectivity index (χ4n) is 1.95. The highest BCUT2D eigenvalue weighted by Crippen LogP contribution is 2.27. The second kappa shape index (κ2) is 6.26. The van der Waals surface area contributed by atoms with Crippen molar-refractivity contribution in [2.45, 2.75) is 20.5 Å². The number of hydrogen-bond acceptors (Lipinski definition) is 2. The smallest absolute Gasteiger partial charge is 0.335 e. The molecular weight excluding hydrogens is 339 g/mol. The number of carboxylic acid groups (broad SMARTS) is 1. The molecule has 0 aliphatic carbocycles. The maximum absolute atomic E-state index is 13.8. The van der Waals surface area contributed by atoms with Crippen LogP contribution in [0.4, 0.5) is 4.39 Å². The Hall–Kier alpha value is -1.88. The second-order valence-corrected chi connectivity index (χ2v) is 5.56. The molecule has 5 heteroatoms. The molecule has 0 bridgehead atoms. The summed E-state index contributed by atoms with van der Waals surface area (Å²) in [6, 6.07) is 7.51. The largest absolute Gasteiger partial charge is 0.489 e. The highest BCUT2D eigenvalue weighted by Gasteiger charge is 2.09. The molecule has 0 spiro atoms. The topological polar surface area (TPSA) is 46.5 Å².